The number of rotatable bonds is 6. The van der Waals surface area contributed by atoms with Crippen molar-refractivity contribution < 1.29 is 18.7 Å². The summed E-state index contributed by atoms with van der Waals surface area (Å²) >= 11 is 6.10. The molecule has 8 nitrogen and oxygen atoms in total. The van der Waals surface area contributed by atoms with E-state index in [1.165, 1.54) is 13.2 Å². The van der Waals surface area contributed by atoms with Crippen molar-refractivity contribution in [3.8, 4) is 17.0 Å². The van der Waals surface area contributed by atoms with Crippen molar-refractivity contribution in [2.75, 3.05) is 32.2 Å². The number of ether oxygens (including phenoxy) is 2. The molecular formula is C28H29ClFN5O3. The predicted octanol–water partition coefficient (Wildman–Crippen LogP) is 5.76. The van der Waals surface area contributed by atoms with Crippen LogP contribution in [0.5, 0.6) is 5.75 Å². The summed E-state index contributed by atoms with van der Waals surface area (Å²) in [5, 5.41) is 4.69. The Morgan fingerprint density at radius 2 is 1.79 bits per heavy atom. The molecule has 0 amide bonds. The molecule has 1 fully saturated rings. The third kappa shape index (κ3) is 4.90. The Balaban J connectivity index is 1.71. The van der Waals surface area contributed by atoms with Crippen LogP contribution in [0.1, 0.15) is 42.7 Å². The molecule has 2 aromatic carbocycles. The zero-order valence-electron chi connectivity index (χ0n) is 21.8. The zero-order valence-corrected chi connectivity index (χ0v) is 22.5. The van der Waals surface area contributed by atoms with E-state index in [0.29, 0.717) is 23.5 Å². The number of benzene rings is 2. The molecule has 2 aromatic heterocycles. The minimum Gasteiger partial charge on any atom is -0.497 e. The van der Waals surface area contributed by atoms with Gasteiger partial charge in [0.05, 0.1) is 25.8 Å². The Morgan fingerprint density at radius 1 is 1.08 bits per heavy atom. The maximum Gasteiger partial charge on any atom is 0.360 e. The molecule has 0 saturated carbocycles. The van der Waals surface area contributed by atoms with E-state index in [-0.39, 0.29) is 27.4 Å². The van der Waals surface area contributed by atoms with Crippen molar-refractivity contribution in [2.45, 2.75) is 33.2 Å². The number of aromatic nitrogens is 4. The second-order valence-corrected chi connectivity index (χ2v) is 10.6. The Hall–Kier alpha value is -3.72. The standard InChI is InChI=1S/C28H29ClFN5O3/c1-28(2)12-14-34(15-13-28)25-24(27(36)38-4)31-23-22(19-6-5-7-20(29)21(19)30)33-35(26(23)32-25)16-17-8-10-18(37-3)11-9-17/h5-11H,12-16H2,1-4H3. The van der Waals surface area contributed by atoms with Crippen LogP contribution in [-0.2, 0) is 11.3 Å². The number of hydrogen-bond donors (Lipinski definition) is 0. The molecular weight excluding hydrogens is 509 g/mol. The van der Waals surface area contributed by atoms with Gasteiger partial charge in [-0.25, -0.2) is 23.8 Å². The van der Waals surface area contributed by atoms with Crippen molar-refractivity contribution in [3.63, 3.8) is 0 Å². The SMILES string of the molecule is COC(=O)c1nc2c(-c3cccc(Cl)c3F)nn(Cc3ccc(OC)cc3)c2nc1N1CCC(C)(C)CC1. The first-order valence-electron chi connectivity index (χ1n) is 12.4. The smallest absolute Gasteiger partial charge is 0.360 e. The van der Waals surface area contributed by atoms with E-state index in [1.807, 2.05) is 24.3 Å². The van der Waals surface area contributed by atoms with Gasteiger partial charge in [0.15, 0.2) is 23.0 Å². The summed E-state index contributed by atoms with van der Waals surface area (Å²) in [5.74, 6) is -0.0546. The van der Waals surface area contributed by atoms with Crippen LogP contribution in [0.15, 0.2) is 42.5 Å². The second kappa shape index (κ2) is 10.2. The van der Waals surface area contributed by atoms with Crippen LogP contribution in [-0.4, -0.2) is 53.0 Å². The third-order valence-corrected chi connectivity index (χ3v) is 7.33. The maximum absolute atomic E-state index is 15.2. The molecule has 38 heavy (non-hydrogen) atoms. The second-order valence-electron chi connectivity index (χ2n) is 10.2. The largest absolute Gasteiger partial charge is 0.497 e. The molecule has 4 aromatic rings. The van der Waals surface area contributed by atoms with Gasteiger partial charge in [0, 0.05) is 18.7 Å². The highest BCUT2D eigenvalue weighted by Crippen LogP contribution is 2.36. The molecule has 0 spiro atoms. The summed E-state index contributed by atoms with van der Waals surface area (Å²) < 4.78 is 27.2. The number of hydrogen-bond acceptors (Lipinski definition) is 7. The number of piperidine rings is 1. The fourth-order valence-electron chi connectivity index (χ4n) is 4.63. The van der Waals surface area contributed by atoms with Crippen molar-refractivity contribution in [1.82, 2.24) is 19.7 Å². The van der Waals surface area contributed by atoms with Gasteiger partial charge < -0.3 is 14.4 Å². The summed E-state index contributed by atoms with van der Waals surface area (Å²) in [4.78, 5) is 24.6. The average molecular weight is 538 g/mol. The molecule has 0 unspecified atom stereocenters. The van der Waals surface area contributed by atoms with Crippen LogP contribution in [0.25, 0.3) is 22.4 Å². The van der Waals surface area contributed by atoms with Gasteiger partial charge in [0.25, 0.3) is 0 Å². The molecule has 0 atom stereocenters. The molecule has 3 heterocycles. The lowest BCUT2D eigenvalue weighted by molar-refractivity contribution is 0.0594. The molecule has 10 heteroatoms. The lowest BCUT2D eigenvalue weighted by Crippen LogP contribution is -2.39. The van der Waals surface area contributed by atoms with Gasteiger partial charge in [-0.1, -0.05) is 43.6 Å². The van der Waals surface area contributed by atoms with Crippen LogP contribution in [0.4, 0.5) is 10.2 Å². The quantitative estimate of drug-likeness (QED) is 0.289. The summed E-state index contributed by atoms with van der Waals surface area (Å²) in [6.45, 7) is 6.26. The monoisotopic (exact) mass is 537 g/mol. The molecule has 1 aliphatic heterocycles. The van der Waals surface area contributed by atoms with Crippen LogP contribution >= 0.6 is 11.6 Å². The Labute approximate surface area is 225 Å². The van der Waals surface area contributed by atoms with E-state index < -0.39 is 11.8 Å². The Morgan fingerprint density at radius 3 is 2.45 bits per heavy atom. The van der Waals surface area contributed by atoms with Crippen molar-refractivity contribution in [2.24, 2.45) is 5.41 Å². The first-order chi connectivity index (χ1) is 18.2. The van der Waals surface area contributed by atoms with Crippen LogP contribution in [0, 0.1) is 11.2 Å². The van der Waals surface area contributed by atoms with Gasteiger partial charge in [-0.15, -0.1) is 0 Å². The van der Waals surface area contributed by atoms with Gasteiger partial charge in [-0.3, -0.25) is 0 Å². The van der Waals surface area contributed by atoms with Crippen molar-refractivity contribution >= 4 is 34.6 Å². The van der Waals surface area contributed by atoms with Gasteiger partial charge in [-0.2, -0.15) is 5.10 Å². The third-order valence-electron chi connectivity index (χ3n) is 7.04. The van der Waals surface area contributed by atoms with Crippen LogP contribution < -0.4 is 9.64 Å². The Bertz CT molecular complexity index is 1490. The van der Waals surface area contributed by atoms with E-state index >= 15 is 4.39 Å². The number of halogens is 2. The minimum absolute atomic E-state index is 0.0333. The maximum atomic E-state index is 15.2. The lowest BCUT2D eigenvalue weighted by Gasteiger charge is -2.37. The van der Waals surface area contributed by atoms with E-state index in [1.54, 1.807) is 23.9 Å². The van der Waals surface area contributed by atoms with E-state index in [2.05, 4.69) is 18.7 Å². The molecule has 198 valence electrons. The highest BCUT2D eigenvalue weighted by atomic mass is 35.5. The zero-order chi connectivity index (χ0) is 27.0. The lowest BCUT2D eigenvalue weighted by atomic mass is 9.82. The number of methoxy groups -OCH3 is 2. The topological polar surface area (TPSA) is 82.4 Å². The number of nitrogens with zero attached hydrogens (tertiary/aromatic N) is 5. The van der Waals surface area contributed by atoms with Gasteiger partial charge in [0.1, 0.15) is 17.0 Å². The van der Waals surface area contributed by atoms with Crippen LogP contribution in [0.3, 0.4) is 0 Å². The highest BCUT2D eigenvalue weighted by molar-refractivity contribution is 6.31. The molecule has 0 N–H and O–H groups in total. The van der Waals surface area contributed by atoms with Crippen molar-refractivity contribution in [1.29, 1.82) is 0 Å². The molecule has 1 saturated heterocycles. The molecule has 1 aliphatic rings. The fourth-order valence-corrected chi connectivity index (χ4v) is 4.81. The van der Waals surface area contributed by atoms with Crippen molar-refractivity contribution in [3.05, 3.63) is 64.6 Å². The van der Waals surface area contributed by atoms with E-state index in [0.717, 1.165) is 37.2 Å². The average Bonchev–Trinajstić information content (AvgIpc) is 3.26. The fraction of sp³-hybridized carbons (Fsp3) is 0.357. The molecule has 0 bridgehead atoms. The number of anilines is 1. The molecule has 5 rings (SSSR count). The molecule has 0 aliphatic carbocycles. The number of fused-ring (bicyclic) bond motifs is 1. The number of carbonyl (C=O) groups excluding carboxylic acids is 1. The number of esters is 1. The van der Waals surface area contributed by atoms with Gasteiger partial charge >= 0.3 is 5.97 Å². The van der Waals surface area contributed by atoms with E-state index in [9.17, 15) is 4.79 Å². The first kappa shape index (κ1) is 25.9. The predicted molar refractivity (Wildman–Crippen MR) is 144 cm³/mol. The van der Waals surface area contributed by atoms with Gasteiger partial charge in [0.2, 0.25) is 0 Å². The summed E-state index contributed by atoms with van der Waals surface area (Å²) in [5.41, 5.74) is 2.36. The van der Waals surface area contributed by atoms with Gasteiger partial charge in [-0.05, 0) is 48.1 Å². The highest BCUT2D eigenvalue weighted by Gasteiger charge is 2.31. The summed E-state index contributed by atoms with van der Waals surface area (Å²) in [6, 6.07) is 12.3. The minimum atomic E-state index is -0.617. The van der Waals surface area contributed by atoms with Crippen LogP contribution in [0.2, 0.25) is 5.02 Å². The normalized spacial score (nSPS) is 15.1. The van der Waals surface area contributed by atoms with E-state index in [4.69, 9.17) is 36.1 Å². The Kier molecular flexibility index (Phi) is 6.96. The number of carbonyl (C=O) groups is 1. The first-order valence-corrected chi connectivity index (χ1v) is 12.8. The summed E-state index contributed by atoms with van der Waals surface area (Å²) in [6.07, 6.45) is 1.88. The molecule has 0 radical (unpaired) electrons. The summed E-state index contributed by atoms with van der Waals surface area (Å²) in [7, 11) is 2.92.